The van der Waals surface area contributed by atoms with E-state index in [0.717, 1.165) is 16.9 Å². The number of rotatable bonds is 6. The molecular weight excluding hydrogens is 406 g/mol. The van der Waals surface area contributed by atoms with Crippen molar-refractivity contribution in [3.63, 3.8) is 0 Å². The van der Waals surface area contributed by atoms with Gasteiger partial charge in [0.05, 0.1) is 12.6 Å². The predicted molar refractivity (Wildman–Crippen MR) is 112 cm³/mol. The van der Waals surface area contributed by atoms with Crippen molar-refractivity contribution in [3.8, 4) is 11.1 Å². The number of nitrogens with one attached hydrogen (secondary N) is 2. The maximum Gasteiger partial charge on any atom is 0.341 e. The van der Waals surface area contributed by atoms with Crippen LogP contribution >= 0.6 is 11.3 Å². The quantitative estimate of drug-likeness (QED) is 0.461. The largest absolute Gasteiger partial charge is 0.462 e. The molecule has 0 bridgehead atoms. The summed E-state index contributed by atoms with van der Waals surface area (Å²) >= 11 is 1.15. The van der Waals surface area contributed by atoms with E-state index in [0.29, 0.717) is 11.4 Å². The molecular formula is C20H21N5O4S. The molecule has 0 unspecified atom stereocenters. The maximum atomic E-state index is 12.6. The Morgan fingerprint density at radius 3 is 2.57 bits per heavy atom. The van der Waals surface area contributed by atoms with E-state index in [-0.39, 0.29) is 17.2 Å². The highest BCUT2D eigenvalue weighted by molar-refractivity contribution is 7.15. The summed E-state index contributed by atoms with van der Waals surface area (Å²) in [6.45, 7) is 3.58. The Kier molecular flexibility index (Phi) is 6.58. The van der Waals surface area contributed by atoms with Gasteiger partial charge in [-0.25, -0.2) is 4.79 Å². The fourth-order valence-corrected chi connectivity index (χ4v) is 3.81. The first-order valence-electron chi connectivity index (χ1n) is 9.22. The number of thiophene rings is 1. The molecule has 1 atom stereocenters. The van der Waals surface area contributed by atoms with Gasteiger partial charge in [0, 0.05) is 18.0 Å². The minimum absolute atomic E-state index is 0.187. The number of nitrogens with zero attached hydrogens (tertiary/aromatic N) is 3. The van der Waals surface area contributed by atoms with E-state index in [2.05, 4.69) is 20.8 Å². The van der Waals surface area contributed by atoms with Gasteiger partial charge >= 0.3 is 17.8 Å². The van der Waals surface area contributed by atoms with Gasteiger partial charge in [-0.05, 0) is 19.4 Å². The van der Waals surface area contributed by atoms with Gasteiger partial charge in [0.2, 0.25) is 0 Å². The Morgan fingerprint density at radius 1 is 1.20 bits per heavy atom. The summed E-state index contributed by atoms with van der Waals surface area (Å²) in [4.78, 5) is 37.4. The first-order chi connectivity index (χ1) is 14.4. The van der Waals surface area contributed by atoms with Gasteiger partial charge in [-0.2, -0.15) is 0 Å². The first kappa shape index (κ1) is 21.2. The lowest BCUT2D eigenvalue weighted by Crippen LogP contribution is -2.37. The highest BCUT2D eigenvalue weighted by Gasteiger charge is 2.26. The number of anilines is 1. The topological polar surface area (TPSA) is 115 Å². The van der Waals surface area contributed by atoms with Crippen LogP contribution in [-0.2, 0) is 21.4 Å². The summed E-state index contributed by atoms with van der Waals surface area (Å²) in [6.07, 6.45) is 1.50. The van der Waals surface area contributed by atoms with Crippen LogP contribution < -0.4 is 10.6 Å². The number of hydrogen-bond acceptors (Lipinski definition) is 7. The molecule has 0 saturated heterocycles. The van der Waals surface area contributed by atoms with Gasteiger partial charge in [-0.3, -0.25) is 9.59 Å². The number of aromatic nitrogens is 3. The van der Waals surface area contributed by atoms with Crippen LogP contribution in [0.4, 0.5) is 5.00 Å². The van der Waals surface area contributed by atoms with Gasteiger partial charge in [0.1, 0.15) is 16.9 Å². The van der Waals surface area contributed by atoms with Gasteiger partial charge in [0.15, 0.2) is 5.82 Å². The second-order valence-corrected chi connectivity index (χ2v) is 7.27. The third-order valence-corrected chi connectivity index (χ3v) is 5.17. The third kappa shape index (κ3) is 4.54. The molecule has 0 aliphatic carbocycles. The molecule has 10 heteroatoms. The number of carbonyl (C=O) groups excluding carboxylic acids is 3. The van der Waals surface area contributed by atoms with Crippen LogP contribution in [0.2, 0.25) is 0 Å². The van der Waals surface area contributed by atoms with Gasteiger partial charge in [0.25, 0.3) is 0 Å². The molecule has 0 spiro atoms. The highest BCUT2D eigenvalue weighted by Crippen LogP contribution is 2.36. The summed E-state index contributed by atoms with van der Waals surface area (Å²) in [5.41, 5.74) is 1.65. The van der Waals surface area contributed by atoms with Crippen LogP contribution in [0.15, 0.2) is 42.0 Å². The summed E-state index contributed by atoms with van der Waals surface area (Å²) in [5.74, 6) is -1.81. The minimum atomic E-state index is -0.893. The lowest BCUT2D eigenvalue weighted by Gasteiger charge is -2.13. The Morgan fingerprint density at radius 2 is 1.93 bits per heavy atom. The zero-order valence-electron chi connectivity index (χ0n) is 16.7. The molecule has 2 N–H and O–H groups in total. The molecule has 2 amide bonds. The van der Waals surface area contributed by atoms with Crippen molar-refractivity contribution in [1.29, 1.82) is 0 Å². The molecule has 0 aliphatic heterocycles. The molecule has 0 aliphatic rings. The number of aryl methyl sites for hydroxylation is 1. The second kappa shape index (κ2) is 9.31. The average Bonchev–Trinajstić information content (AvgIpc) is 3.35. The second-order valence-electron chi connectivity index (χ2n) is 6.39. The van der Waals surface area contributed by atoms with E-state index in [1.807, 2.05) is 30.3 Å². The average molecular weight is 427 g/mol. The highest BCUT2D eigenvalue weighted by atomic mass is 32.1. The number of ether oxygens (including phenoxy) is 1. The van der Waals surface area contributed by atoms with Crippen molar-refractivity contribution in [2.45, 2.75) is 19.9 Å². The van der Waals surface area contributed by atoms with Gasteiger partial charge in [-0.1, -0.05) is 30.3 Å². The third-order valence-electron chi connectivity index (χ3n) is 4.27. The number of carbonyl (C=O) groups is 3. The van der Waals surface area contributed by atoms with E-state index >= 15 is 0 Å². The van der Waals surface area contributed by atoms with Crippen molar-refractivity contribution in [1.82, 2.24) is 20.1 Å². The Labute approximate surface area is 177 Å². The molecule has 3 rings (SSSR count). The van der Waals surface area contributed by atoms with Crippen molar-refractivity contribution in [2.75, 3.05) is 11.9 Å². The number of amides is 2. The predicted octanol–water partition coefficient (Wildman–Crippen LogP) is 2.54. The molecule has 0 radical (unpaired) electrons. The van der Waals surface area contributed by atoms with E-state index in [4.69, 9.17) is 4.74 Å². The van der Waals surface area contributed by atoms with Crippen molar-refractivity contribution < 1.29 is 19.1 Å². The first-order valence-corrected chi connectivity index (χ1v) is 10.1. The van der Waals surface area contributed by atoms with Crippen LogP contribution in [0.1, 0.15) is 36.1 Å². The fraction of sp³-hybridized carbons (Fsp3) is 0.250. The fourth-order valence-electron chi connectivity index (χ4n) is 2.86. The Bertz CT molecular complexity index is 1060. The van der Waals surface area contributed by atoms with Crippen LogP contribution in [-0.4, -0.2) is 39.2 Å². The van der Waals surface area contributed by atoms with E-state index in [1.54, 1.807) is 30.8 Å². The van der Waals surface area contributed by atoms with E-state index in [9.17, 15) is 14.4 Å². The standard InChI is InChI=1S/C20H21N5O4S/c1-4-29-20(28)15-14(13-8-6-5-7-9-13)10-30-19(15)23-18(27)17(26)22-12(2)16-24-21-11-25(16)3/h5-12H,4H2,1-3H3,(H,22,26)(H,23,27)/t12-/m0/s1. The Hall–Kier alpha value is -3.53. The maximum absolute atomic E-state index is 12.6. The van der Waals surface area contributed by atoms with E-state index in [1.165, 1.54) is 6.33 Å². The smallest absolute Gasteiger partial charge is 0.341 e. The van der Waals surface area contributed by atoms with Crippen molar-refractivity contribution in [3.05, 3.63) is 53.4 Å². The lowest BCUT2D eigenvalue weighted by molar-refractivity contribution is -0.136. The molecule has 0 fully saturated rings. The zero-order chi connectivity index (χ0) is 21.7. The van der Waals surface area contributed by atoms with Crippen LogP contribution in [0, 0.1) is 0 Å². The summed E-state index contributed by atoms with van der Waals surface area (Å²) in [5, 5.41) is 14.8. The van der Waals surface area contributed by atoms with E-state index < -0.39 is 23.8 Å². The summed E-state index contributed by atoms with van der Waals surface area (Å²) in [7, 11) is 1.74. The Balaban J connectivity index is 1.80. The molecule has 156 valence electrons. The summed E-state index contributed by atoms with van der Waals surface area (Å²) in [6, 6.07) is 8.74. The van der Waals surface area contributed by atoms with Crippen molar-refractivity contribution in [2.24, 2.45) is 7.05 Å². The number of esters is 1. The van der Waals surface area contributed by atoms with Crippen molar-refractivity contribution >= 4 is 34.1 Å². The normalized spacial score (nSPS) is 11.6. The molecule has 0 saturated carbocycles. The summed E-state index contributed by atoms with van der Waals surface area (Å²) < 4.78 is 6.80. The van der Waals surface area contributed by atoms with Gasteiger partial charge in [-0.15, -0.1) is 21.5 Å². The molecule has 2 aromatic heterocycles. The van der Waals surface area contributed by atoms with Gasteiger partial charge < -0.3 is 19.9 Å². The molecule has 30 heavy (non-hydrogen) atoms. The monoisotopic (exact) mass is 427 g/mol. The lowest BCUT2D eigenvalue weighted by atomic mass is 10.0. The molecule has 9 nitrogen and oxygen atoms in total. The molecule has 3 aromatic rings. The molecule has 1 aromatic carbocycles. The van der Waals surface area contributed by atoms with Crippen LogP contribution in [0.3, 0.4) is 0 Å². The van der Waals surface area contributed by atoms with Crippen LogP contribution in [0.25, 0.3) is 11.1 Å². The molecule has 2 heterocycles. The zero-order valence-corrected chi connectivity index (χ0v) is 17.5. The number of benzene rings is 1. The van der Waals surface area contributed by atoms with Crippen LogP contribution in [0.5, 0.6) is 0 Å². The SMILES string of the molecule is CCOC(=O)c1c(-c2ccccc2)csc1NC(=O)C(=O)N[C@@H](C)c1nncn1C. The minimum Gasteiger partial charge on any atom is -0.462 e. The number of hydrogen-bond donors (Lipinski definition) is 2.